The largest absolute Gasteiger partial charge is 0.497 e. The highest BCUT2D eigenvalue weighted by Gasteiger charge is 2.05. The van der Waals surface area contributed by atoms with Gasteiger partial charge in [0.25, 0.3) is 0 Å². The summed E-state index contributed by atoms with van der Waals surface area (Å²) >= 11 is 0. The van der Waals surface area contributed by atoms with Crippen LogP contribution in [0.15, 0.2) is 42.5 Å². The fourth-order valence-electron chi connectivity index (χ4n) is 1.88. The van der Waals surface area contributed by atoms with E-state index < -0.39 is 0 Å². The number of nitrogens with one attached hydrogen (secondary N) is 1. The minimum Gasteiger partial charge on any atom is -0.497 e. The number of anilines is 1. The van der Waals surface area contributed by atoms with Crippen LogP contribution in [0.1, 0.15) is 11.1 Å². The first-order valence-corrected chi connectivity index (χ1v) is 6.10. The molecule has 3 nitrogen and oxygen atoms in total. The highest BCUT2D eigenvalue weighted by molar-refractivity contribution is 5.53. The van der Waals surface area contributed by atoms with Crippen molar-refractivity contribution >= 4 is 5.69 Å². The van der Waals surface area contributed by atoms with E-state index in [1.807, 2.05) is 42.5 Å². The Kier molecular flexibility index (Phi) is 4.29. The van der Waals surface area contributed by atoms with Gasteiger partial charge in [-0.15, -0.1) is 0 Å². The molecule has 19 heavy (non-hydrogen) atoms. The second-order valence-corrected chi connectivity index (χ2v) is 4.19. The summed E-state index contributed by atoms with van der Waals surface area (Å²) in [6, 6.07) is 13.8. The van der Waals surface area contributed by atoms with Gasteiger partial charge in [-0.3, -0.25) is 0 Å². The van der Waals surface area contributed by atoms with Crippen LogP contribution in [-0.2, 0) is 6.54 Å². The van der Waals surface area contributed by atoms with Crippen molar-refractivity contribution in [2.24, 2.45) is 0 Å². The molecule has 0 aliphatic carbocycles. The van der Waals surface area contributed by atoms with E-state index in [4.69, 9.17) is 9.47 Å². The van der Waals surface area contributed by atoms with Crippen LogP contribution in [0.2, 0.25) is 0 Å². The first-order valence-electron chi connectivity index (χ1n) is 6.10. The lowest BCUT2D eigenvalue weighted by Gasteiger charge is -2.13. The number of rotatable bonds is 5. The van der Waals surface area contributed by atoms with E-state index in [9.17, 15) is 0 Å². The Bertz CT molecular complexity index is 552. The smallest absolute Gasteiger partial charge is 0.127 e. The van der Waals surface area contributed by atoms with Crippen molar-refractivity contribution < 1.29 is 9.47 Å². The number of methoxy groups -OCH3 is 2. The van der Waals surface area contributed by atoms with Crippen LogP contribution >= 0.6 is 0 Å². The molecule has 0 aliphatic rings. The van der Waals surface area contributed by atoms with Crippen LogP contribution in [0.3, 0.4) is 0 Å². The molecule has 0 bridgehead atoms. The quantitative estimate of drug-likeness (QED) is 0.888. The summed E-state index contributed by atoms with van der Waals surface area (Å²) in [4.78, 5) is 0. The van der Waals surface area contributed by atoms with Crippen LogP contribution in [0.25, 0.3) is 0 Å². The maximum Gasteiger partial charge on any atom is 0.127 e. The molecule has 0 aromatic heterocycles. The van der Waals surface area contributed by atoms with Crippen molar-refractivity contribution in [3.8, 4) is 11.5 Å². The zero-order valence-electron chi connectivity index (χ0n) is 11.3. The standard InChI is InChI=1S/C16H18NO2/c1-12-6-4-5-7-15(12)17-11-13-8-9-14(18-2)10-16(13)19-3/h4-10,17H,1,11H2,2-3H3. The minimum atomic E-state index is 0.680. The van der Waals surface area contributed by atoms with Crippen molar-refractivity contribution in [2.45, 2.75) is 6.54 Å². The third kappa shape index (κ3) is 3.19. The number of hydrogen-bond acceptors (Lipinski definition) is 3. The zero-order valence-corrected chi connectivity index (χ0v) is 11.3. The van der Waals surface area contributed by atoms with Gasteiger partial charge in [0.1, 0.15) is 11.5 Å². The lowest BCUT2D eigenvalue weighted by Crippen LogP contribution is -2.03. The van der Waals surface area contributed by atoms with E-state index in [0.717, 1.165) is 28.3 Å². The van der Waals surface area contributed by atoms with Crippen LogP contribution in [0.5, 0.6) is 11.5 Å². The molecule has 0 unspecified atom stereocenters. The highest BCUT2D eigenvalue weighted by atomic mass is 16.5. The summed E-state index contributed by atoms with van der Waals surface area (Å²) in [5.41, 5.74) is 3.09. The molecule has 0 aliphatic heterocycles. The SMILES string of the molecule is [CH2]c1ccccc1NCc1ccc(OC)cc1OC. The molecule has 2 aromatic carbocycles. The molecule has 0 saturated carbocycles. The topological polar surface area (TPSA) is 30.5 Å². The van der Waals surface area contributed by atoms with Crippen molar-refractivity contribution in [3.63, 3.8) is 0 Å². The Balaban J connectivity index is 2.13. The Morgan fingerprint density at radius 3 is 2.53 bits per heavy atom. The Labute approximate surface area is 114 Å². The van der Waals surface area contributed by atoms with Crippen molar-refractivity contribution in [2.75, 3.05) is 19.5 Å². The van der Waals surface area contributed by atoms with Crippen LogP contribution < -0.4 is 14.8 Å². The lowest BCUT2D eigenvalue weighted by atomic mass is 10.1. The molecule has 1 N–H and O–H groups in total. The Hall–Kier alpha value is -2.16. The van der Waals surface area contributed by atoms with Crippen molar-refractivity contribution in [1.29, 1.82) is 0 Å². The number of ether oxygens (including phenoxy) is 2. The summed E-state index contributed by atoms with van der Waals surface area (Å²) in [7, 11) is 3.30. The molecule has 0 fully saturated rings. The number of para-hydroxylation sites is 1. The van der Waals surface area contributed by atoms with Gasteiger partial charge in [0, 0.05) is 23.9 Å². The van der Waals surface area contributed by atoms with E-state index in [-0.39, 0.29) is 0 Å². The fourth-order valence-corrected chi connectivity index (χ4v) is 1.88. The molecule has 3 heteroatoms. The molecule has 2 aromatic rings. The van der Waals surface area contributed by atoms with Gasteiger partial charge in [-0.1, -0.05) is 18.2 Å². The molecule has 1 radical (unpaired) electrons. The van der Waals surface area contributed by atoms with E-state index in [2.05, 4.69) is 12.2 Å². The summed E-state index contributed by atoms with van der Waals surface area (Å²) in [6.07, 6.45) is 0. The lowest BCUT2D eigenvalue weighted by molar-refractivity contribution is 0.391. The Morgan fingerprint density at radius 2 is 1.84 bits per heavy atom. The van der Waals surface area contributed by atoms with Crippen LogP contribution in [0, 0.1) is 6.92 Å². The van der Waals surface area contributed by atoms with Gasteiger partial charge >= 0.3 is 0 Å². The summed E-state index contributed by atoms with van der Waals surface area (Å²) in [5, 5.41) is 3.36. The number of hydrogen-bond donors (Lipinski definition) is 1. The fraction of sp³-hybridized carbons (Fsp3) is 0.188. The van der Waals surface area contributed by atoms with Crippen molar-refractivity contribution in [3.05, 3.63) is 60.5 Å². The molecule has 0 spiro atoms. The monoisotopic (exact) mass is 256 g/mol. The van der Waals surface area contributed by atoms with Gasteiger partial charge in [-0.25, -0.2) is 0 Å². The third-order valence-corrected chi connectivity index (χ3v) is 2.98. The van der Waals surface area contributed by atoms with E-state index in [0.29, 0.717) is 6.54 Å². The normalized spacial score (nSPS) is 10.1. The van der Waals surface area contributed by atoms with Crippen LogP contribution in [0.4, 0.5) is 5.69 Å². The first-order chi connectivity index (χ1) is 9.24. The van der Waals surface area contributed by atoms with Gasteiger partial charge in [-0.05, 0) is 30.7 Å². The first kappa shape index (κ1) is 13.3. The second kappa shape index (κ2) is 6.14. The maximum absolute atomic E-state index is 5.37. The summed E-state index contributed by atoms with van der Waals surface area (Å²) < 4.78 is 10.6. The van der Waals surface area contributed by atoms with Crippen molar-refractivity contribution in [1.82, 2.24) is 0 Å². The molecule has 0 saturated heterocycles. The van der Waals surface area contributed by atoms with Gasteiger partial charge in [0.2, 0.25) is 0 Å². The summed E-state index contributed by atoms with van der Waals surface area (Å²) in [5.74, 6) is 1.60. The van der Waals surface area contributed by atoms with Gasteiger partial charge in [0.15, 0.2) is 0 Å². The average molecular weight is 256 g/mol. The molecule has 0 heterocycles. The molecule has 2 rings (SSSR count). The third-order valence-electron chi connectivity index (χ3n) is 2.98. The Morgan fingerprint density at radius 1 is 1.05 bits per heavy atom. The molecular formula is C16H18NO2. The highest BCUT2D eigenvalue weighted by Crippen LogP contribution is 2.25. The minimum absolute atomic E-state index is 0.680. The zero-order chi connectivity index (χ0) is 13.7. The predicted octanol–water partition coefficient (Wildman–Crippen LogP) is 3.50. The van der Waals surface area contributed by atoms with Gasteiger partial charge in [-0.2, -0.15) is 0 Å². The molecule has 0 atom stereocenters. The summed E-state index contributed by atoms with van der Waals surface area (Å²) in [6.45, 7) is 4.67. The molecular weight excluding hydrogens is 238 g/mol. The average Bonchev–Trinajstić information content (AvgIpc) is 2.46. The second-order valence-electron chi connectivity index (χ2n) is 4.19. The molecule has 0 amide bonds. The van der Waals surface area contributed by atoms with E-state index in [1.165, 1.54) is 0 Å². The van der Waals surface area contributed by atoms with E-state index >= 15 is 0 Å². The molecule has 99 valence electrons. The predicted molar refractivity (Wildman–Crippen MR) is 77.8 cm³/mol. The van der Waals surface area contributed by atoms with E-state index in [1.54, 1.807) is 14.2 Å². The maximum atomic E-state index is 5.37. The van der Waals surface area contributed by atoms with Crippen LogP contribution in [-0.4, -0.2) is 14.2 Å². The van der Waals surface area contributed by atoms with Gasteiger partial charge in [0.05, 0.1) is 14.2 Å². The van der Waals surface area contributed by atoms with Gasteiger partial charge < -0.3 is 14.8 Å². The number of benzene rings is 2.